The summed E-state index contributed by atoms with van der Waals surface area (Å²) in [4.78, 5) is 34.0. The fourth-order valence-electron chi connectivity index (χ4n) is 2.08. The van der Waals surface area contributed by atoms with Gasteiger partial charge in [-0.15, -0.1) is 0 Å². The third kappa shape index (κ3) is 16.8. The molecule has 0 spiro atoms. The number of ether oxygens (including phenoxy) is 2. The van der Waals surface area contributed by atoms with E-state index in [-0.39, 0.29) is 11.9 Å². The Morgan fingerprint density at radius 1 is 0.800 bits per heavy atom. The summed E-state index contributed by atoms with van der Waals surface area (Å²) >= 11 is 0. The zero-order valence-corrected chi connectivity index (χ0v) is 16.1. The van der Waals surface area contributed by atoms with E-state index >= 15 is 0 Å². The minimum Gasteiger partial charge on any atom is -0.469 e. The van der Waals surface area contributed by atoms with Gasteiger partial charge < -0.3 is 20.1 Å². The first-order valence-electron chi connectivity index (χ1n) is 9.05. The summed E-state index contributed by atoms with van der Waals surface area (Å²) in [5, 5.41) is 5.57. The number of esters is 1. The summed E-state index contributed by atoms with van der Waals surface area (Å²) in [6.45, 7) is 6.66. The number of methoxy groups -OCH3 is 1. The number of hydrogen-bond acceptors (Lipinski definition) is 5. The summed E-state index contributed by atoms with van der Waals surface area (Å²) in [6.07, 6.45) is 5.56. The molecule has 0 radical (unpaired) electrons. The zero-order valence-electron chi connectivity index (χ0n) is 16.1. The molecule has 0 atom stereocenters. The highest BCUT2D eigenvalue weighted by molar-refractivity contribution is 5.75. The summed E-state index contributed by atoms with van der Waals surface area (Å²) in [6, 6.07) is 0. The molecule has 0 fully saturated rings. The first-order valence-corrected chi connectivity index (χ1v) is 9.05. The van der Waals surface area contributed by atoms with Crippen LogP contribution in [0.5, 0.6) is 0 Å². The van der Waals surface area contributed by atoms with Gasteiger partial charge in [0.1, 0.15) is 5.60 Å². The molecule has 0 saturated heterocycles. The molecule has 0 aromatic rings. The van der Waals surface area contributed by atoms with Crippen molar-refractivity contribution in [3.8, 4) is 0 Å². The van der Waals surface area contributed by atoms with Crippen molar-refractivity contribution in [3.63, 3.8) is 0 Å². The fourth-order valence-corrected chi connectivity index (χ4v) is 2.08. The number of hydrogen-bond donors (Lipinski definition) is 2. The van der Waals surface area contributed by atoms with Crippen LogP contribution in [0.4, 0.5) is 4.79 Å². The quantitative estimate of drug-likeness (QED) is 0.413. The second kappa shape index (κ2) is 13.5. The van der Waals surface area contributed by atoms with E-state index in [1.165, 1.54) is 7.11 Å². The van der Waals surface area contributed by atoms with Crippen LogP contribution in [0.2, 0.25) is 0 Å². The molecule has 0 aliphatic carbocycles. The van der Waals surface area contributed by atoms with Crippen LogP contribution in [0.3, 0.4) is 0 Å². The molecule has 0 rings (SSSR count). The lowest BCUT2D eigenvalue weighted by atomic mass is 10.1. The van der Waals surface area contributed by atoms with Gasteiger partial charge in [-0.1, -0.05) is 12.8 Å². The van der Waals surface area contributed by atoms with E-state index < -0.39 is 11.7 Å². The van der Waals surface area contributed by atoms with Gasteiger partial charge in [-0.05, 0) is 46.5 Å². The fraction of sp³-hybridized carbons (Fsp3) is 0.833. The molecule has 2 N–H and O–H groups in total. The first-order chi connectivity index (χ1) is 11.7. The number of carbonyl (C=O) groups excluding carboxylic acids is 3. The van der Waals surface area contributed by atoms with Crippen LogP contribution in [0, 0.1) is 0 Å². The molecule has 0 aliphatic heterocycles. The van der Waals surface area contributed by atoms with Crippen LogP contribution in [-0.2, 0) is 19.1 Å². The smallest absolute Gasteiger partial charge is 0.407 e. The largest absolute Gasteiger partial charge is 0.469 e. The standard InChI is InChI=1S/C18H34N2O5/c1-18(2,3)25-17(23)20-14-10-5-7-11-15(21)19-13-9-6-8-12-16(22)24-4/h5-14H2,1-4H3,(H,19,21)(H,20,23). The Bertz CT molecular complexity index is 405. The van der Waals surface area contributed by atoms with Crippen LogP contribution in [0.1, 0.15) is 72.1 Å². The van der Waals surface area contributed by atoms with E-state index in [0.717, 1.165) is 38.5 Å². The van der Waals surface area contributed by atoms with Crippen molar-refractivity contribution in [2.45, 2.75) is 77.7 Å². The van der Waals surface area contributed by atoms with Crippen molar-refractivity contribution in [1.82, 2.24) is 10.6 Å². The summed E-state index contributed by atoms with van der Waals surface area (Å²) in [5.41, 5.74) is -0.485. The highest BCUT2D eigenvalue weighted by Gasteiger charge is 2.15. The lowest BCUT2D eigenvalue weighted by Crippen LogP contribution is -2.33. The monoisotopic (exact) mass is 358 g/mol. The lowest BCUT2D eigenvalue weighted by molar-refractivity contribution is -0.140. The molecule has 2 amide bonds. The second-order valence-corrected chi connectivity index (χ2v) is 6.98. The molecular formula is C18H34N2O5. The van der Waals surface area contributed by atoms with Gasteiger partial charge in [-0.25, -0.2) is 4.79 Å². The highest BCUT2D eigenvalue weighted by atomic mass is 16.6. The Kier molecular flexibility index (Phi) is 12.5. The summed E-state index contributed by atoms with van der Waals surface area (Å²) in [7, 11) is 1.39. The minimum atomic E-state index is -0.485. The van der Waals surface area contributed by atoms with E-state index in [1.807, 2.05) is 20.8 Å². The molecule has 0 aliphatic rings. The van der Waals surface area contributed by atoms with Crippen molar-refractivity contribution in [3.05, 3.63) is 0 Å². The van der Waals surface area contributed by atoms with Crippen LogP contribution in [0.15, 0.2) is 0 Å². The maximum Gasteiger partial charge on any atom is 0.407 e. The summed E-state index contributed by atoms with van der Waals surface area (Å²) < 4.78 is 9.70. The molecule has 0 bridgehead atoms. The Balaban J connectivity index is 3.41. The predicted molar refractivity (Wildman–Crippen MR) is 96.2 cm³/mol. The number of rotatable bonds is 12. The number of carbonyl (C=O) groups is 3. The maximum absolute atomic E-state index is 11.7. The number of amides is 2. The Morgan fingerprint density at radius 2 is 1.36 bits per heavy atom. The van der Waals surface area contributed by atoms with E-state index in [4.69, 9.17) is 4.74 Å². The number of nitrogens with one attached hydrogen (secondary N) is 2. The molecule has 25 heavy (non-hydrogen) atoms. The molecule has 0 heterocycles. The Labute approximate surface area is 151 Å². The van der Waals surface area contributed by atoms with E-state index in [1.54, 1.807) is 0 Å². The Hall–Kier alpha value is -1.79. The van der Waals surface area contributed by atoms with Gasteiger partial charge in [0.05, 0.1) is 7.11 Å². The van der Waals surface area contributed by atoms with E-state index in [2.05, 4.69) is 15.4 Å². The first kappa shape index (κ1) is 23.2. The van der Waals surface area contributed by atoms with E-state index in [9.17, 15) is 14.4 Å². The van der Waals surface area contributed by atoms with Crippen LogP contribution in [-0.4, -0.2) is 43.8 Å². The second-order valence-electron chi connectivity index (χ2n) is 6.98. The molecule has 0 aromatic heterocycles. The van der Waals surface area contributed by atoms with Gasteiger partial charge in [0, 0.05) is 25.9 Å². The summed E-state index contributed by atoms with van der Waals surface area (Å²) in [5.74, 6) is -0.140. The van der Waals surface area contributed by atoms with Gasteiger partial charge in [-0.2, -0.15) is 0 Å². The minimum absolute atomic E-state index is 0.0491. The van der Waals surface area contributed by atoms with Crippen LogP contribution >= 0.6 is 0 Å². The molecular weight excluding hydrogens is 324 g/mol. The predicted octanol–water partition coefficient (Wildman–Crippen LogP) is 2.92. The molecule has 7 heteroatoms. The van der Waals surface area contributed by atoms with Crippen molar-refractivity contribution < 1.29 is 23.9 Å². The average Bonchev–Trinajstić information content (AvgIpc) is 2.51. The third-order valence-electron chi connectivity index (χ3n) is 3.36. The molecule has 7 nitrogen and oxygen atoms in total. The van der Waals surface area contributed by atoms with Gasteiger partial charge in [-0.3, -0.25) is 9.59 Å². The topological polar surface area (TPSA) is 93.7 Å². The van der Waals surface area contributed by atoms with Crippen LogP contribution < -0.4 is 10.6 Å². The third-order valence-corrected chi connectivity index (χ3v) is 3.36. The van der Waals surface area contributed by atoms with Crippen LogP contribution in [0.25, 0.3) is 0 Å². The SMILES string of the molecule is COC(=O)CCCCCNC(=O)CCCCCNC(=O)OC(C)(C)C. The normalized spacial score (nSPS) is 10.9. The maximum atomic E-state index is 11.7. The molecule has 146 valence electrons. The van der Waals surface area contributed by atoms with E-state index in [0.29, 0.717) is 25.9 Å². The molecule has 0 unspecified atom stereocenters. The average molecular weight is 358 g/mol. The zero-order chi connectivity index (χ0) is 19.1. The van der Waals surface area contributed by atoms with Gasteiger partial charge in [0.2, 0.25) is 5.91 Å². The van der Waals surface area contributed by atoms with Gasteiger partial charge >= 0.3 is 12.1 Å². The van der Waals surface area contributed by atoms with Crippen molar-refractivity contribution in [2.75, 3.05) is 20.2 Å². The van der Waals surface area contributed by atoms with Gasteiger partial charge in [0.25, 0.3) is 0 Å². The highest BCUT2D eigenvalue weighted by Crippen LogP contribution is 2.06. The van der Waals surface area contributed by atoms with Crippen molar-refractivity contribution >= 4 is 18.0 Å². The lowest BCUT2D eigenvalue weighted by Gasteiger charge is -2.19. The number of alkyl carbamates (subject to hydrolysis) is 1. The van der Waals surface area contributed by atoms with Crippen molar-refractivity contribution in [2.24, 2.45) is 0 Å². The molecule has 0 saturated carbocycles. The van der Waals surface area contributed by atoms with Gasteiger partial charge in [0.15, 0.2) is 0 Å². The molecule has 0 aromatic carbocycles. The number of unbranched alkanes of at least 4 members (excludes halogenated alkanes) is 4. The Morgan fingerprint density at radius 3 is 1.92 bits per heavy atom. The van der Waals surface area contributed by atoms with Crippen molar-refractivity contribution in [1.29, 1.82) is 0 Å².